The molecule has 3 aromatic heterocycles. The number of hydrogen-bond donors (Lipinski definition) is 1. The molecule has 0 aliphatic rings. The predicted molar refractivity (Wildman–Crippen MR) is 117 cm³/mol. The highest BCUT2D eigenvalue weighted by Gasteiger charge is 2.15. The summed E-state index contributed by atoms with van der Waals surface area (Å²) in [6.07, 6.45) is 3.94. The van der Waals surface area contributed by atoms with Gasteiger partial charge in [-0.25, -0.2) is 4.98 Å². The smallest absolute Gasteiger partial charge is 0.273 e. The van der Waals surface area contributed by atoms with E-state index in [1.165, 1.54) is 0 Å². The first-order valence-electron chi connectivity index (χ1n) is 9.62. The maximum absolute atomic E-state index is 12.9. The van der Waals surface area contributed by atoms with Crippen molar-refractivity contribution in [2.45, 2.75) is 0 Å². The van der Waals surface area contributed by atoms with Gasteiger partial charge in [0.1, 0.15) is 11.3 Å². The summed E-state index contributed by atoms with van der Waals surface area (Å²) in [7, 11) is 1.77. The molecule has 0 saturated carbocycles. The summed E-state index contributed by atoms with van der Waals surface area (Å²) < 4.78 is 3.57. The first kappa shape index (κ1) is 17.9. The summed E-state index contributed by atoms with van der Waals surface area (Å²) in [4.78, 5) is 17.5. The number of hydrogen-bond acceptors (Lipinski definition) is 3. The molecule has 30 heavy (non-hydrogen) atoms. The van der Waals surface area contributed by atoms with E-state index in [9.17, 15) is 4.79 Å². The first-order chi connectivity index (χ1) is 14.7. The van der Waals surface area contributed by atoms with E-state index < -0.39 is 0 Å². The van der Waals surface area contributed by atoms with Crippen molar-refractivity contribution in [2.75, 3.05) is 5.32 Å². The molecule has 1 N–H and O–H groups in total. The molecule has 3 heterocycles. The monoisotopic (exact) mass is 393 g/mol. The molecule has 6 nitrogen and oxygen atoms in total. The predicted octanol–water partition coefficient (Wildman–Crippen LogP) is 4.65. The third kappa shape index (κ3) is 3.35. The van der Waals surface area contributed by atoms with Crippen LogP contribution in [-0.2, 0) is 7.05 Å². The van der Waals surface area contributed by atoms with Crippen molar-refractivity contribution in [3.05, 3.63) is 97.0 Å². The first-order valence-corrected chi connectivity index (χ1v) is 9.62. The summed E-state index contributed by atoms with van der Waals surface area (Å²) in [6, 6.07) is 25.2. The Morgan fingerprint density at radius 3 is 2.50 bits per heavy atom. The SMILES string of the molecule is Cn1nc(-c2ccccc2)cc1C(=O)Nc1cccc(-c2cn3ccccc3n2)c1. The second-order valence-electron chi connectivity index (χ2n) is 7.03. The zero-order chi connectivity index (χ0) is 20.5. The van der Waals surface area contributed by atoms with Crippen LogP contribution in [0.5, 0.6) is 0 Å². The Morgan fingerprint density at radius 1 is 0.867 bits per heavy atom. The Labute approximate surface area is 173 Å². The molecular formula is C24H19N5O. The molecule has 0 aliphatic heterocycles. The van der Waals surface area contributed by atoms with Crippen LogP contribution < -0.4 is 5.32 Å². The number of carbonyl (C=O) groups excluding carboxylic acids is 1. The number of amides is 1. The molecule has 0 unspecified atom stereocenters. The van der Waals surface area contributed by atoms with Crippen molar-refractivity contribution in [1.29, 1.82) is 0 Å². The number of imidazole rings is 1. The summed E-state index contributed by atoms with van der Waals surface area (Å²) >= 11 is 0. The maximum atomic E-state index is 12.9. The van der Waals surface area contributed by atoms with Gasteiger partial charge in [-0.15, -0.1) is 0 Å². The molecule has 0 bridgehead atoms. The molecule has 5 rings (SSSR count). The third-order valence-electron chi connectivity index (χ3n) is 4.96. The summed E-state index contributed by atoms with van der Waals surface area (Å²) in [6.45, 7) is 0. The van der Waals surface area contributed by atoms with Crippen LogP contribution in [0.15, 0.2) is 91.3 Å². The molecule has 6 heteroatoms. The van der Waals surface area contributed by atoms with Gasteiger partial charge in [-0.05, 0) is 30.3 Å². The topological polar surface area (TPSA) is 64.2 Å². The lowest BCUT2D eigenvalue weighted by atomic mass is 10.1. The average molecular weight is 393 g/mol. The lowest BCUT2D eigenvalue weighted by molar-refractivity contribution is 0.101. The van der Waals surface area contributed by atoms with Crippen LogP contribution in [-0.4, -0.2) is 25.1 Å². The Bertz CT molecular complexity index is 1320. The zero-order valence-electron chi connectivity index (χ0n) is 16.4. The van der Waals surface area contributed by atoms with Gasteiger partial charge >= 0.3 is 0 Å². The van der Waals surface area contributed by atoms with Crippen LogP contribution in [0.3, 0.4) is 0 Å². The van der Waals surface area contributed by atoms with E-state index in [-0.39, 0.29) is 5.91 Å². The van der Waals surface area contributed by atoms with E-state index in [1.807, 2.05) is 89.6 Å². The molecule has 146 valence electrons. The molecule has 1 amide bonds. The van der Waals surface area contributed by atoms with Gasteiger partial charge in [0.2, 0.25) is 0 Å². The van der Waals surface area contributed by atoms with Crippen LogP contribution in [0.4, 0.5) is 5.69 Å². The van der Waals surface area contributed by atoms with E-state index in [4.69, 9.17) is 0 Å². The normalized spacial score (nSPS) is 11.0. The number of benzene rings is 2. The molecule has 0 saturated heterocycles. The number of fused-ring (bicyclic) bond motifs is 1. The summed E-state index contributed by atoms with van der Waals surface area (Å²) in [5.74, 6) is -0.209. The van der Waals surface area contributed by atoms with Crippen molar-refractivity contribution in [1.82, 2.24) is 19.2 Å². The van der Waals surface area contributed by atoms with Gasteiger partial charge in [0.15, 0.2) is 0 Å². The Kier molecular flexibility index (Phi) is 4.37. The molecule has 0 fully saturated rings. The second-order valence-corrected chi connectivity index (χ2v) is 7.03. The minimum atomic E-state index is -0.209. The minimum Gasteiger partial charge on any atom is -0.321 e. The highest BCUT2D eigenvalue weighted by atomic mass is 16.2. The lowest BCUT2D eigenvalue weighted by Crippen LogP contribution is -2.16. The number of anilines is 1. The average Bonchev–Trinajstić information content (AvgIpc) is 3.38. The molecule has 0 aliphatic carbocycles. The largest absolute Gasteiger partial charge is 0.321 e. The van der Waals surface area contributed by atoms with Gasteiger partial charge in [-0.2, -0.15) is 5.10 Å². The standard InChI is InChI=1S/C24H19N5O/c1-28-22(15-20(27-28)17-8-3-2-4-9-17)24(30)25-19-11-7-10-18(14-19)21-16-29-13-6-5-12-23(29)26-21/h2-16H,1H3,(H,25,30). The molecule has 0 atom stereocenters. The number of aryl methyl sites for hydroxylation is 1. The highest BCUT2D eigenvalue weighted by molar-refractivity contribution is 6.04. The minimum absolute atomic E-state index is 0.209. The van der Waals surface area contributed by atoms with Gasteiger partial charge < -0.3 is 9.72 Å². The van der Waals surface area contributed by atoms with Crippen molar-refractivity contribution in [2.24, 2.45) is 7.05 Å². The van der Waals surface area contributed by atoms with Gasteiger partial charge in [0, 0.05) is 36.3 Å². The van der Waals surface area contributed by atoms with Crippen LogP contribution >= 0.6 is 0 Å². The van der Waals surface area contributed by atoms with Crippen molar-refractivity contribution < 1.29 is 4.79 Å². The molecule has 0 radical (unpaired) electrons. The Morgan fingerprint density at radius 2 is 1.67 bits per heavy atom. The van der Waals surface area contributed by atoms with Gasteiger partial charge in [0.05, 0.1) is 11.4 Å². The summed E-state index contributed by atoms with van der Waals surface area (Å²) in [5, 5.41) is 7.45. The highest BCUT2D eigenvalue weighted by Crippen LogP contribution is 2.24. The number of aromatic nitrogens is 4. The maximum Gasteiger partial charge on any atom is 0.273 e. The van der Waals surface area contributed by atoms with Crippen molar-refractivity contribution >= 4 is 17.2 Å². The third-order valence-corrected chi connectivity index (χ3v) is 4.96. The Balaban J connectivity index is 1.40. The lowest BCUT2D eigenvalue weighted by Gasteiger charge is -2.06. The van der Waals surface area contributed by atoms with Crippen LogP contribution in [0.25, 0.3) is 28.2 Å². The van der Waals surface area contributed by atoms with Gasteiger partial charge in [0.25, 0.3) is 5.91 Å². The molecule has 2 aromatic carbocycles. The van der Waals surface area contributed by atoms with E-state index >= 15 is 0 Å². The number of carbonyl (C=O) groups is 1. The van der Waals surface area contributed by atoms with Crippen LogP contribution in [0, 0.1) is 0 Å². The van der Waals surface area contributed by atoms with Gasteiger partial charge in [-0.3, -0.25) is 9.48 Å². The van der Waals surface area contributed by atoms with Crippen molar-refractivity contribution in [3.63, 3.8) is 0 Å². The fourth-order valence-corrected chi connectivity index (χ4v) is 3.45. The zero-order valence-corrected chi connectivity index (χ0v) is 16.4. The quantitative estimate of drug-likeness (QED) is 0.483. The number of rotatable bonds is 4. The van der Waals surface area contributed by atoms with Gasteiger partial charge in [-0.1, -0.05) is 48.5 Å². The van der Waals surface area contributed by atoms with Crippen LogP contribution in [0.2, 0.25) is 0 Å². The van der Waals surface area contributed by atoms with E-state index in [1.54, 1.807) is 17.8 Å². The van der Waals surface area contributed by atoms with Crippen molar-refractivity contribution in [3.8, 4) is 22.5 Å². The van der Waals surface area contributed by atoms with Crippen LogP contribution in [0.1, 0.15) is 10.5 Å². The molecule has 0 spiro atoms. The summed E-state index contributed by atoms with van der Waals surface area (Å²) in [5.41, 5.74) is 5.60. The number of nitrogens with zero attached hydrogens (tertiary/aromatic N) is 4. The fraction of sp³-hybridized carbons (Fsp3) is 0.0417. The molecular weight excluding hydrogens is 374 g/mol. The Hall–Kier alpha value is -4.19. The fourth-order valence-electron chi connectivity index (χ4n) is 3.45. The second kappa shape index (κ2) is 7.33. The number of nitrogens with one attached hydrogen (secondary N) is 1. The van der Waals surface area contributed by atoms with E-state index in [0.717, 1.165) is 28.2 Å². The number of pyridine rings is 1. The van der Waals surface area contributed by atoms with E-state index in [0.29, 0.717) is 11.4 Å². The van der Waals surface area contributed by atoms with E-state index in [2.05, 4.69) is 15.4 Å². The molecule has 5 aromatic rings.